The van der Waals surface area contributed by atoms with Crippen molar-refractivity contribution < 1.29 is 9.47 Å². The highest BCUT2D eigenvalue weighted by atomic mass is 16.7. The highest BCUT2D eigenvalue weighted by molar-refractivity contribution is 5.23. The van der Waals surface area contributed by atoms with Crippen molar-refractivity contribution in [3.8, 4) is 0 Å². The lowest BCUT2D eigenvalue weighted by Gasteiger charge is -2.36. The van der Waals surface area contributed by atoms with Crippen LogP contribution in [-0.4, -0.2) is 18.0 Å². The van der Waals surface area contributed by atoms with E-state index in [1.165, 1.54) is 0 Å². The van der Waals surface area contributed by atoms with Crippen LogP contribution in [0.5, 0.6) is 0 Å². The summed E-state index contributed by atoms with van der Waals surface area (Å²) in [5.41, 5.74) is 0.256. The molecule has 0 unspecified atom stereocenters. The Morgan fingerprint density at radius 2 is 1.21 bits per heavy atom. The Bertz CT molecular complexity index is 229. The van der Waals surface area contributed by atoms with Crippen LogP contribution in [-0.2, 0) is 9.47 Å². The molecule has 1 aliphatic carbocycles. The first kappa shape index (κ1) is 10.4. The lowest BCUT2D eigenvalue weighted by molar-refractivity contribution is -0.282. The van der Waals surface area contributed by atoms with Crippen molar-refractivity contribution in [3.63, 3.8) is 0 Å². The molecule has 1 saturated carbocycles. The molecule has 0 radical (unpaired) electrons. The van der Waals surface area contributed by atoms with E-state index in [4.69, 9.17) is 9.47 Å². The minimum Gasteiger partial charge on any atom is -0.346 e. The van der Waals surface area contributed by atoms with Gasteiger partial charge in [-0.2, -0.15) is 0 Å². The van der Waals surface area contributed by atoms with E-state index in [0.29, 0.717) is 12.2 Å². The molecule has 0 N–H and O–H groups in total. The normalized spacial score (nSPS) is 42.4. The summed E-state index contributed by atoms with van der Waals surface area (Å²) in [7, 11) is 0. The van der Waals surface area contributed by atoms with Crippen LogP contribution < -0.4 is 0 Å². The van der Waals surface area contributed by atoms with Gasteiger partial charge < -0.3 is 9.47 Å². The van der Waals surface area contributed by atoms with Crippen molar-refractivity contribution >= 4 is 0 Å². The van der Waals surface area contributed by atoms with E-state index in [-0.39, 0.29) is 16.6 Å². The van der Waals surface area contributed by atoms with Gasteiger partial charge in [0.05, 0.1) is 12.2 Å². The fraction of sp³-hybridized carbons (Fsp3) is 1.00. The van der Waals surface area contributed by atoms with E-state index >= 15 is 0 Å². The predicted octanol–water partition coefficient (Wildman–Crippen LogP) is 2.96. The highest BCUT2D eigenvalue weighted by Gasteiger charge is 2.81. The predicted molar refractivity (Wildman–Crippen MR) is 56.0 cm³/mol. The summed E-state index contributed by atoms with van der Waals surface area (Å²) in [5.74, 6) is -0.336. The monoisotopic (exact) mass is 198 g/mol. The molecule has 2 atom stereocenters. The van der Waals surface area contributed by atoms with E-state index in [1.54, 1.807) is 0 Å². The van der Waals surface area contributed by atoms with E-state index in [0.717, 1.165) is 6.42 Å². The van der Waals surface area contributed by atoms with Gasteiger partial charge >= 0.3 is 0 Å². The standard InChI is InChI=1S/C12H22O2/c1-8-7-9(2)14-12(13-8)10(3,4)11(12,5)6/h8-9H,7H2,1-6H3/t8-,9-/m1/s1. The van der Waals surface area contributed by atoms with Gasteiger partial charge in [0.25, 0.3) is 0 Å². The lowest BCUT2D eigenvalue weighted by Crippen LogP contribution is -2.41. The molecule has 0 aromatic heterocycles. The topological polar surface area (TPSA) is 18.5 Å². The molecule has 2 rings (SSSR count). The number of rotatable bonds is 0. The van der Waals surface area contributed by atoms with Gasteiger partial charge in [0.15, 0.2) is 5.79 Å². The van der Waals surface area contributed by atoms with Crippen molar-refractivity contribution in [2.45, 2.75) is 66.0 Å². The molecule has 82 valence electrons. The van der Waals surface area contributed by atoms with Crippen molar-refractivity contribution in [1.29, 1.82) is 0 Å². The van der Waals surface area contributed by atoms with Gasteiger partial charge in [-0.05, 0) is 20.3 Å². The minimum absolute atomic E-state index is 0.128. The third-order valence-corrected chi connectivity index (χ3v) is 4.54. The Labute approximate surface area is 87.0 Å². The van der Waals surface area contributed by atoms with E-state index in [9.17, 15) is 0 Å². The van der Waals surface area contributed by atoms with Gasteiger partial charge in [0, 0.05) is 10.8 Å². The third-order valence-electron chi connectivity index (χ3n) is 4.54. The summed E-state index contributed by atoms with van der Waals surface area (Å²) in [6.45, 7) is 13.2. The van der Waals surface area contributed by atoms with Crippen LogP contribution in [0.1, 0.15) is 48.0 Å². The average Bonchev–Trinajstić information content (AvgIpc) is 2.27. The smallest absolute Gasteiger partial charge is 0.180 e. The Balaban J connectivity index is 2.27. The number of hydrogen-bond acceptors (Lipinski definition) is 2. The second kappa shape index (κ2) is 2.53. The summed E-state index contributed by atoms with van der Waals surface area (Å²) in [4.78, 5) is 0. The van der Waals surface area contributed by atoms with Gasteiger partial charge in [-0.1, -0.05) is 27.7 Å². The van der Waals surface area contributed by atoms with Crippen LogP contribution in [0, 0.1) is 10.8 Å². The van der Waals surface area contributed by atoms with Crippen LogP contribution in [0.15, 0.2) is 0 Å². The molecule has 1 aliphatic heterocycles. The molecule has 1 heterocycles. The maximum absolute atomic E-state index is 6.06. The Morgan fingerprint density at radius 3 is 1.50 bits per heavy atom. The molecule has 0 aromatic rings. The summed E-state index contributed by atoms with van der Waals surface area (Å²) in [6, 6.07) is 0. The van der Waals surface area contributed by atoms with E-state index in [1.807, 2.05) is 0 Å². The molecule has 0 amide bonds. The summed E-state index contributed by atoms with van der Waals surface area (Å²) < 4.78 is 12.1. The first-order chi connectivity index (χ1) is 6.24. The van der Waals surface area contributed by atoms with Crippen molar-refractivity contribution in [1.82, 2.24) is 0 Å². The lowest BCUT2D eigenvalue weighted by atomic mass is 10.0. The number of hydrogen-bond donors (Lipinski definition) is 0. The molecular weight excluding hydrogens is 176 g/mol. The molecule has 0 aromatic carbocycles. The van der Waals surface area contributed by atoms with Crippen molar-refractivity contribution in [3.05, 3.63) is 0 Å². The van der Waals surface area contributed by atoms with E-state index in [2.05, 4.69) is 41.5 Å². The van der Waals surface area contributed by atoms with E-state index < -0.39 is 0 Å². The quantitative estimate of drug-likeness (QED) is 0.596. The third kappa shape index (κ3) is 0.938. The number of ether oxygens (including phenoxy) is 2. The Morgan fingerprint density at radius 1 is 0.857 bits per heavy atom. The first-order valence-corrected chi connectivity index (χ1v) is 5.60. The Kier molecular flexibility index (Phi) is 1.89. The van der Waals surface area contributed by atoms with Crippen molar-refractivity contribution in [2.24, 2.45) is 10.8 Å². The molecule has 1 spiro atoms. The van der Waals surface area contributed by atoms with Crippen LogP contribution in [0.25, 0.3) is 0 Å². The highest BCUT2D eigenvalue weighted by Crippen LogP contribution is 2.75. The SMILES string of the molecule is C[C@@H]1C[C@@H](C)OC2(O1)C(C)(C)C2(C)C. The zero-order valence-electron chi connectivity index (χ0n) is 10.2. The molecule has 0 bridgehead atoms. The molecule has 2 fully saturated rings. The maximum Gasteiger partial charge on any atom is 0.180 e. The molecule has 2 nitrogen and oxygen atoms in total. The van der Waals surface area contributed by atoms with Gasteiger partial charge in [-0.15, -0.1) is 0 Å². The first-order valence-electron chi connectivity index (χ1n) is 5.60. The van der Waals surface area contributed by atoms with Crippen molar-refractivity contribution in [2.75, 3.05) is 0 Å². The zero-order chi connectivity index (χ0) is 10.8. The minimum atomic E-state index is -0.336. The summed E-state index contributed by atoms with van der Waals surface area (Å²) in [6.07, 6.45) is 1.65. The van der Waals surface area contributed by atoms with Crippen LogP contribution >= 0.6 is 0 Å². The van der Waals surface area contributed by atoms with Crippen LogP contribution in [0.3, 0.4) is 0 Å². The second-order valence-corrected chi connectivity index (χ2v) is 5.96. The Hall–Kier alpha value is -0.0800. The molecular formula is C12H22O2. The van der Waals surface area contributed by atoms with Gasteiger partial charge in [-0.3, -0.25) is 0 Å². The average molecular weight is 198 g/mol. The maximum atomic E-state index is 6.06. The van der Waals surface area contributed by atoms with Crippen LogP contribution in [0.4, 0.5) is 0 Å². The largest absolute Gasteiger partial charge is 0.346 e. The molecule has 14 heavy (non-hydrogen) atoms. The van der Waals surface area contributed by atoms with Crippen LogP contribution in [0.2, 0.25) is 0 Å². The molecule has 1 saturated heterocycles. The molecule has 2 aliphatic rings. The van der Waals surface area contributed by atoms with Gasteiger partial charge in [-0.25, -0.2) is 0 Å². The second-order valence-electron chi connectivity index (χ2n) is 5.96. The fourth-order valence-electron chi connectivity index (χ4n) is 2.96. The summed E-state index contributed by atoms with van der Waals surface area (Å²) >= 11 is 0. The van der Waals surface area contributed by atoms with Gasteiger partial charge in [0.2, 0.25) is 0 Å². The zero-order valence-corrected chi connectivity index (χ0v) is 10.2. The molecule has 2 heteroatoms. The van der Waals surface area contributed by atoms with Gasteiger partial charge in [0.1, 0.15) is 0 Å². The summed E-state index contributed by atoms with van der Waals surface area (Å²) in [5, 5.41) is 0. The fourth-order valence-corrected chi connectivity index (χ4v) is 2.96.